The molecule has 1 amide bonds. The maximum absolute atomic E-state index is 12.4. The highest BCUT2D eigenvalue weighted by Crippen LogP contribution is 2.34. The van der Waals surface area contributed by atoms with E-state index in [0.29, 0.717) is 30.6 Å². The van der Waals surface area contributed by atoms with E-state index >= 15 is 0 Å². The molecule has 0 saturated carbocycles. The van der Waals surface area contributed by atoms with E-state index < -0.39 is 0 Å². The zero-order valence-electron chi connectivity index (χ0n) is 11.8. The number of amides is 1. The second-order valence-corrected chi connectivity index (χ2v) is 5.48. The van der Waals surface area contributed by atoms with Crippen LogP contribution in [0.15, 0.2) is 4.52 Å². The van der Waals surface area contributed by atoms with Gasteiger partial charge < -0.3 is 15.2 Å². The number of hydrogen-bond donors (Lipinski definition) is 2. The lowest BCUT2D eigenvalue weighted by atomic mass is 9.75. The van der Waals surface area contributed by atoms with Gasteiger partial charge in [-0.15, -0.1) is 0 Å². The van der Waals surface area contributed by atoms with Gasteiger partial charge in [0.15, 0.2) is 5.82 Å². The molecular formula is C13H22N4O2. The van der Waals surface area contributed by atoms with Crippen molar-refractivity contribution >= 4 is 5.91 Å². The van der Waals surface area contributed by atoms with Crippen molar-refractivity contribution in [3.8, 4) is 0 Å². The van der Waals surface area contributed by atoms with Crippen molar-refractivity contribution in [1.82, 2.24) is 20.8 Å². The first-order valence-electron chi connectivity index (χ1n) is 6.83. The van der Waals surface area contributed by atoms with Crippen molar-refractivity contribution in [2.24, 2.45) is 11.3 Å². The summed E-state index contributed by atoms with van der Waals surface area (Å²) in [5, 5.41) is 10.0. The Hall–Kier alpha value is -1.43. The minimum absolute atomic E-state index is 0.128. The lowest BCUT2D eigenvalue weighted by molar-refractivity contribution is -0.132. The van der Waals surface area contributed by atoms with Gasteiger partial charge in [0.25, 0.3) is 0 Å². The Bertz CT molecular complexity index is 436. The molecule has 2 heterocycles. The Labute approximate surface area is 113 Å². The third-order valence-electron chi connectivity index (χ3n) is 3.94. The van der Waals surface area contributed by atoms with Gasteiger partial charge in [-0.3, -0.25) is 4.79 Å². The average molecular weight is 266 g/mol. The molecule has 0 radical (unpaired) electrons. The lowest BCUT2D eigenvalue weighted by Gasteiger charge is -2.31. The molecule has 2 N–H and O–H groups in total. The van der Waals surface area contributed by atoms with E-state index in [1.54, 1.807) is 6.92 Å². The van der Waals surface area contributed by atoms with Gasteiger partial charge in [-0.05, 0) is 25.8 Å². The van der Waals surface area contributed by atoms with Gasteiger partial charge in [-0.2, -0.15) is 4.98 Å². The molecule has 2 rings (SSSR count). The normalized spacial score (nSPS) is 22.9. The van der Waals surface area contributed by atoms with Crippen molar-refractivity contribution in [2.45, 2.75) is 33.6 Å². The fourth-order valence-corrected chi connectivity index (χ4v) is 2.56. The van der Waals surface area contributed by atoms with E-state index in [9.17, 15) is 4.79 Å². The molecule has 1 aromatic heterocycles. The molecular weight excluding hydrogens is 244 g/mol. The molecule has 1 saturated heterocycles. The van der Waals surface area contributed by atoms with E-state index in [0.717, 1.165) is 19.5 Å². The van der Waals surface area contributed by atoms with Crippen LogP contribution in [0.1, 0.15) is 32.0 Å². The predicted octanol–water partition coefficient (Wildman–Crippen LogP) is 0.672. The third-order valence-corrected chi connectivity index (χ3v) is 3.94. The number of carbonyl (C=O) groups is 1. The fourth-order valence-electron chi connectivity index (χ4n) is 2.56. The Balaban J connectivity index is 1.86. The highest BCUT2D eigenvalue weighted by atomic mass is 16.5. The van der Waals surface area contributed by atoms with Gasteiger partial charge in [0.1, 0.15) is 0 Å². The van der Waals surface area contributed by atoms with Crippen LogP contribution in [-0.2, 0) is 11.2 Å². The van der Waals surface area contributed by atoms with Gasteiger partial charge in [0.05, 0.1) is 5.41 Å². The summed E-state index contributed by atoms with van der Waals surface area (Å²) in [7, 11) is 0. The molecule has 6 heteroatoms. The molecule has 6 nitrogen and oxygen atoms in total. The summed E-state index contributed by atoms with van der Waals surface area (Å²) < 4.78 is 5.02. The smallest absolute Gasteiger partial charge is 0.228 e. The summed E-state index contributed by atoms with van der Waals surface area (Å²) in [6.45, 7) is 8.20. The number of nitrogens with zero attached hydrogens (tertiary/aromatic N) is 2. The van der Waals surface area contributed by atoms with E-state index in [2.05, 4.69) is 34.6 Å². The Morgan fingerprint density at radius 2 is 2.37 bits per heavy atom. The van der Waals surface area contributed by atoms with Crippen LogP contribution in [0, 0.1) is 18.3 Å². The van der Waals surface area contributed by atoms with Crippen LogP contribution >= 0.6 is 0 Å². The number of carbonyl (C=O) groups excluding carboxylic acids is 1. The summed E-state index contributed by atoms with van der Waals surface area (Å²) in [6.07, 6.45) is 1.48. The SMILES string of the molecule is Cc1noc(CCNC(=O)C2(C(C)C)CCNC2)n1. The van der Waals surface area contributed by atoms with Crippen molar-refractivity contribution < 1.29 is 9.32 Å². The summed E-state index contributed by atoms with van der Waals surface area (Å²) in [4.78, 5) is 16.5. The second-order valence-electron chi connectivity index (χ2n) is 5.48. The Morgan fingerprint density at radius 3 is 2.89 bits per heavy atom. The zero-order valence-corrected chi connectivity index (χ0v) is 11.8. The monoisotopic (exact) mass is 266 g/mol. The summed E-state index contributed by atoms with van der Waals surface area (Å²) >= 11 is 0. The van der Waals surface area contributed by atoms with Crippen LogP contribution in [0.2, 0.25) is 0 Å². The molecule has 1 aliphatic rings. The summed E-state index contributed by atoms with van der Waals surface area (Å²) in [5.41, 5.74) is -0.273. The number of hydrogen-bond acceptors (Lipinski definition) is 5. The van der Waals surface area contributed by atoms with Crippen LogP contribution in [0.5, 0.6) is 0 Å². The van der Waals surface area contributed by atoms with Gasteiger partial charge in [0, 0.05) is 19.5 Å². The average Bonchev–Trinajstić information content (AvgIpc) is 2.98. The maximum atomic E-state index is 12.4. The third kappa shape index (κ3) is 2.94. The van der Waals surface area contributed by atoms with Crippen molar-refractivity contribution in [2.75, 3.05) is 19.6 Å². The van der Waals surface area contributed by atoms with Gasteiger partial charge in [-0.1, -0.05) is 19.0 Å². The predicted molar refractivity (Wildman–Crippen MR) is 70.5 cm³/mol. The van der Waals surface area contributed by atoms with E-state index in [1.807, 2.05) is 0 Å². The summed E-state index contributed by atoms with van der Waals surface area (Å²) in [6, 6.07) is 0. The molecule has 1 aromatic rings. The first-order chi connectivity index (χ1) is 9.04. The first-order valence-corrected chi connectivity index (χ1v) is 6.83. The van der Waals surface area contributed by atoms with E-state index in [4.69, 9.17) is 4.52 Å². The number of rotatable bonds is 5. The van der Waals surface area contributed by atoms with Crippen molar-refractivity contribution in [3.63, 3.8) is 0 Å². The molecule has 106 valence electrons. The van der Waals surface area contributed by atoms with Crippen LogP contribution in [0.3, 0.4) is 0 Å². The standard InChI is InChI=1S/C13H22N4O2/c1-9(2)13(5-7-14-8-13)12(18)15-6-4-11-16-10(3)17-19-11/h9,14H,4-8H2,1-3H3,(H,15,18). The molecule has 0 spiro atoms. The topological polar surface area (TPSA) is 80.0 Å². The minimum atomic E-state index is -0.273. The molecule has 1 fully saturated rings. The summed E-state index contributed by atoms with van der Waals surface area (Å²) in [5.74, 6) is 1.65. The number of nitrogens with one attached hydrogen (secondary N) is 2. The highest BCUT2D eigenvalue weighted by molar-refractivity contribution is 5.83. The highest BCUT2D eigenvalue weighted by Gasteiger charge is 2.43. The Kier molecular flexibility index (Phi) is 4.19. The molecule has 0 aromatic carbocycles. The fraction of sp³-hybridized carbons (Fsp3) is 0.769. The lowest BCUT2D eigenvalue weighted by Crippen LogP contribution is -2.46. The van der Waals surface area contributed by atoms with Gasteiger partial charge in [-0.25, -0.2) is 0 Å². The van der Waals surface area contributed by atoms with E-state index in [1.165, 1.54) is 0 Å². The quantitative estimate of drug-likeness (QED) is 0.819. The van der Waals surface area contributed by atoms with Crippen LogP contribution in [0.25, 0.3) is 0 Å². The minimum Gasteiger partial charge on any atom is -0.355 e. The second kappa shape index (κ2) is 5.69. The molecule has 1 atom stereocenters. The maximum Gasteiger partial charge on any atom is 0.228 e. The molecule has 0 bridgehead atoms. The molecule has 0 aliphatic carbocycles. The molecule has 19 heavy (non-hydrogen) atoms. The van der Waals surface area contributed by atoms with Crippen LogP contribution < -0.4 is 10.6 Å². The Morgan fingerprint density at radius 1 is 1.58 bits per heavy atom. The number of aromatic nitrogens is 2. The molecule has 1 aliphatic heterocycles. The van der Waals surface area contributed by atoms with Crippen molar-refractivity contribution in [1.29, 1.82) is 0 Å². The molecule has 1 unspecified atom stereocenters. The first kappa shape index (κ1) is 14.0. The van der Waals surface area contributed by atoms with Gasteiger partial charge in [0.2, 0.25) is 11.8 Å². The van der Waals surface area contributed by atoms with Gasteiger partial charge >= 0.3 is 0 Å². The largest absolute Gasteiger partial charge is 0.355 e. The van der Waals surface area contributed by atoms with Crippen LogP contribution in [-0.4, -0.2) is 35.7 Å². The van der Waals surface area contributed by atoms with E-state index in [-0.39, 0.29) is 11.3 Å². The number of aryl methyl sites for hydroxylation is 1. The zero-order chi connectivity index (χ0) is 13.9. The van der Waals surface area contributed by atoms with Crippen LogP contribution in [0.4, 0.5) is 0 Å². The van der Waals surface area contributed by atoms with Crippen molar-refractivity contribution in [3.05, 3.63) is 11.7 Å².